The van der Waals surface area contributed by atoms with Crippen LogP contribution in [0.5, 0.6) is 0 Å². The van der Waals surface area contributed by atoms with Crippen LogP contribution >= 0.6 is 11.3 Å². The zero-order valence-corrected chi connectivity index (χ0v) is 26.0. The number of hydrogen-bond acceptors (Lipinski definition) is 3. The van der Waals surface area contributed by atoms with Crippen LogP contribution in [0.1, 0.15) is 103 Å². The predicted molar refractivity (Wildman–Crippen MR) is 172 cm³/mol. The van der Waals surface area contributed by atoms with Crippen molar-refractivity contribution in [3.05, 3.63) is 139 Å². The van der Waals surface area contributed by atoms with Crippen LogP contribution < -0.4 is 0 Å². The Hall–Kier alpha value is -4.20. The van der Waals surface area contributed by atoms with Gasteiger partial charge in [-0.25, -0.2) is 4.39 Å². The molecular formula is C36H36FN3O2S. The van der Waals surface area contributed by atoms with Gasteiger partial charge in [-0.15, -0.1) is 11.3 Å². The maximum Gasteiger partial charge on any atom is 0.161 e. The van der Waals surface area contributed by atoms with E-state index in [9.17, 15) is 14.3 Å². The van der Waals surface area contributed by atoms with Gasteiger partial charge in [0.1, 0.15) is 5.82 Å². The highest BCUT2D eigenvalue weighted by atomic mass is 32.1. The highest BCUT2D eigenvalue weighted by Crippen LogP contribution is 2.42. The van der Waals surface area contributed by atoms with Crippen molar-refractivity contribution in [2.24, 2.45) is 0 Å². The van der Waals surface area contributed by atoms with Crippen molar-refractivity contribution in [1.29, 1.82) is 0 Å². The van der Waals surface area contributed by atoms with Crippen molar-refractivity contribution in [3.63, 3.8) is 0 Å². The number of aromatic nitrogens is 3. The molecule has 0 spiro atoms. The molecule has 0 saturated heterocycles. The van der Waals surface area contributed by atoms with E-state index in [1.807, 2.05) is 45.9 Å². The number of Topliss-reactive ketones (excluding diaryl/α,β-unsaturated/α-hetero) is 1. The Morgan fingerprint density at radius 3 is 2.05 bits per heavy atom. The molecule has 4 heterocycles. The molecular weight excluding hydrogens is 557 g/mol. The average molecular weight is 594 g/mol. The maximum atomic E-state index is 14.0. The van der Waals surface area contributed by atoms with E-state index in [-0.39, 0.29) is 23.4 Å². The molecule has 0 fully saturated rings. The lowest BCUT2D eigenvalue weighted by atomic mass is 9.89. The van der Waals surface area contributed by atoms with Gasteiger partial charge in [-0.05, 0) is 100 Å². The standard InChI is InChI=1S/C36H36FN3O2S/c1-18-31(22(5)41)20(3)38-35(18)33(24-11-13-26(37)14-12-24)27-15-16-28(40-27)34(30-17-25-9-7-8-10-29(25)43-30)36-19(2)32(23(6)42)21(4)39-36/h7-17,22,33-34,38-41H,1-6H3. The van der Waals surface area contributed by atoms with Gasteiger partial charge in [0, 0.05) is 54.9 Å². The van der Waals surface area contributed by atoms with Gasteiger partial charge in [-0.2, -0.15) is 0 Å². The minimum atomic E-state index is -0.620. The zero-order chi connectivity index (χ0) is 30.6. The van der Waals surface area contributed by atoms with E-state index in [1.165, 1.54) is 22.2 Å². The first kappa shape index (κ1) is 28.9. The summed E-state index contributed by atoms with van der Waals surface area (Å²) in [6.07, 6.45) is -0.620. The highest BCUT2D eigenvalue weighted by Gasteiger charge is 2.30. The summed E-state index contributed by atoms with van der Waals surface area (Å²) in [5, 5.41) is 11.7. The van der Waals surface area contributed by atoms with E-state index in [2.05, 4.69) is 51.4 Å². The van der Waals surface area contributed by atoms with E-state index in [0.717, 1.165) is 66.9 Å². The topological polar surface area (TPSA) is 84.7 Å². The minimum absolute atomic E-state index is 0.0441. The molecule has 43 heavy (non-hydrogen) atoms. The third-order valence-corrected chi connectivity index (χ3v) is 9.82. The molecule has 4 aromatic heterocycles. The SMILES string of the molecule is CC(=O)c1c(C)[nH]c(C(c2ccc(C(c3ccc(F)cc3)c3[nH]c(C)c(C(C)O)c3C)[nH]2)c2cc3ccccc3s2)c1C. The number of carbonyl (C=O) groups is 1. The lowest BCUT2D eigenvalue weighted by molar-refractivity contribution is 0.101. The van der Waals surface area contributed by atoms with Crippen LogP contribution in [0.25, 0.3) is 10.1 Å². The number of H-pyrrole nitrogens is 3. The van der Waals surface area contributed by atoms with Crippen LogP contribution in [0, 0.1) is 33.5 Å². The van der Waals surface area contributed by atoms with Crippen molar-refractivity contribution < 1.29 is 14.3 Å². The van der Waals surface area contributed by atoms with E-state index in [4.69, 9.17) is 0 Å². The first-order valence-corrected chi connectivity index (χ1v) is 15.4. The number of aryl methyl sites for hydroxylation is 2. The quantitative estimate of drug-likeness (QED) is 0.133. The van der Waals surface area contributed by atoms with E-state index >= 15 is 0 Å². The number of nitrogens with one attached hydrogen (secondary N) is 3. The summed E-state index contributed by atoms with van der Waals surface area (Å²) in [4.78, 5) is 24.6. The monoisotopic (exact) mass is 593 g/mol. The van der Waals surface area contributed by atoms with Crippen LogP contribution in [0.3, 0.4) is 0 Å². The van der Waals surface area contributed by atoms with Gasteiger partial charge in [0.15, 0.2) is 5.78 Å². The first-order valence-electron chi connectivity index (χ1n) is 14.5. The minimum Gasteiger partial charge on any atom is -0.389 e. The zero-order valence-electron chi connectivity index (χ0n) is 25.2. The molecule has 0 aliphatic heterocycles. The fraction of sp³-hybridized carbons (Fsp3) is 0.250. The number of aliphatic hydroxyl groups is 1. The number of fused-ring (bicyclic) bond motifs is 1. The van der Waals surface area contributed by atoms with Gasteiger partial charge >= 0.3 is 0 Å². The lowest BCUT2D eigenvalue weighted by Crippen LogP contribution is -2.09. The summed E-state index contributed by atoms with van der Waals surface area (Å²) >= 11 is 1.75. The molecule has 3 unspecified atom stereocenters. The fourth-order valence-electron chi connectivity index (χ4n) is 6.81. The molecule has 0 aliphatic carbocycles. The molecule has 0 aliphatic rings. The van der Waals surface area contributed by atoms with E-state index < -0.39 is 6.10 Å². The predicted octanol–water partition coefficient (Wildman–Crippen LogP) is 8.87. The summed E-state index contributed by atoms with van der Waals surface area (Å²) in [7, 11) is 0. The van der Waals surface area contributed by atoms with Gasteiger partial charge in [-0.3, -0.25) is 4.79 Å². The number of carbonyl (C=O) groups excluding carboxylic acids is 1. The molecule has 6 rings (SSSR count). The van der Waals surface area contributed by atoms with Crippen molar-refractivity contribution in [1.82, 2.24) is 15.0 Å². The molecule has 220 valence electrons. The first-order chi connectivity index (χ1) is 20.5. The van der Waals surface area contributed by atoms with Crippen LogP contribution in [0.4, 0.5) is 4.39 Å². The van der Waals surface area contributed by atoms with Crippen molar-refractivity contribution in [3.8, 4) is 0 Å². The van der Waals surface area contributed by atoms with Crippen molar-refractivity contribution in [2.45, 2.75) is 59.5 Å². The smallest absolute Gasteiger partial charge is 0.161 e. The number of rotatable bonds is 8. The van der Waals surface area contributed by atoms with E-state index in [0.29, 0.717) is 0 Å². The third kappa shape index (κ3) is 5.07. The summed E-state index contributed by atoms with van der Waals surface area (Å²) in [6, 6.07) is 21.4. The number of thiophene rings is 1. The van der Waals surface area contributed by atoms with Gasteiger partial charge in [0.2, 0.25) is 0 Å². The Kier molecular flexibility index (Phi) is 7.48. The second-order valence-electron chi connectivity index (χ2n) is 11.6. The molecule has 0 amide bonds. The number of aliphatic hydroxyl groups excluding tert-OH is 1. The van der Waals surface area contributed by atoms with Gasteiger partial charge in [-0.1, -0.05) is 30.3 Å². The third-order valence-electron chi connectivity index (χ3n) is 8.64. The summed E-state index contributed by atoms with van der Waals surface area (Å²) in [5.41, 5.74) is 10.2. The Morgan fingerprint density at radius 2 is 1.44 bits per heavy atom. The number of ketones is 1. The number of halogens is 1. The van der Waals surface area contributed by atoms with Crippen LogP contribution in [0.15, 0.2) is 66.7 Å². The van der Waals surface area contributed by atoms with Gasteiger partial charge < -0.3 is 20.1 Å². The van der Waals surface area contributed by atoms with E-state index in [1.54, 1.807) is 25.2 Å². The molecule has 0 saturated carbocycles. The number of hydrogen-bond donors (Lipinski definition) is 4. The maximum absolute atomic E-state index is 14.0. The Labute approximate surface area is 254 Å². The molecule has 7 heteroatoms. The molecule has 0 bridgehead atoms. The summed E-state index contributed by atoms with van der Waals surface area (Å²) in [5.74, 6) is -0.653. The normalized spacial score (nSPS) is 13.9. The van der Waals surface area contributed by atoms with Crippen molar-refractivity contribution >= 4 is 27.2 Å². The van der Waals surface area contributed by atoms with Crippen LogP contribution in [-0.4, -0.2) is 25.8 Å². The molecule has 2 aromatic carbocycles. The number of aromatic amines is 3. The molecule has 4 N–H and O–H groups in total. The van der Waals surface area contributed by atoms with Crippen LogP contribution in [0.2, 0.25) is 0 Å². The lowest BCUT2D eigenvalue weighted by Gasteiger charge is -2.19. The second kappa shape index (κ2) is 11.1. The van der Waals surface area contributed by atoms with Gasteiger partial charge in [0.25, 0.3) is 0 Å². The molecule has 3 atom stereocenters. The summed E-state index contributed by atoms with van der Waals surface area (Å²) < 4.78 is 15.2. The average Bonchev–Trinajstić information content (AvgIpc) is 3.72. The molecule has 5 nitrogen and oxygen atoms in total. The molecule has 6 aromatic rings. The molecule has 0 radical (unpaired) electrons. The highest BCUT2D eigenvalue weighted by molar-refractivity contribution is 7.19. The van der Waals surface area contributed by atoms with Gasteiger partial charge in [0.05, 0.1) is 17.9 Å². The number of benzene rings is 2. The summed E-state index contributed by atoms with van der Waals surface area (Å²) in [6.45, 7) is 11.4. The fourth-order valence-corrected chi connectivity index (χ4v) is 8.01. The largest absolute Gasteiger partial charge is 0.389 e. The Morgan fingerprint density at radius 1 is 0.814 bits per heavy atom. The Balaban J connectivity index is 1.55. The Bertz CT molecular complexity index is 1920. The van der Waals surface area contributed by atoms with Crippen LogP contribution in [-0.2, 0) is 0 Å². The second-order valence-corrected chi connectivity index (χ2v) is 12.7. The van der Waals surface area contributed by atoms with Crippen molar-refractivity contribution in [2.75, 3.05) is 0 Å².